The number of methoxy groups -OCH3 is 1. The fourth-order valence-electron chi connectivity index (χ4n) is 3.53. The number of alkyl halides is 3. The lowest BCUT2D eigenvalue weighted by molar-refractivity contribution is -0.254. The number of esters is 1. The van der Waals surface area contributed by atoms with Gasteiger partial charge in [-0.1, -0.05) is 65.1 Å². The first kappa shape index (κ1) is 28.3. The van der Waals surface area contributed by atoms with Crippen molar-refractivity contribution in [3.05, 3.63) is 60.2 Å². The van der Waals surface area contributed by atoms with Gasteiger partial charge in [0.2, 0.25) is 6.29 Å². The molecule has 0 bridgehead atoms. The number of aliphatic hydroxyl groups excluding tert-OH is 1. The van der Waals surface area contributed by atoms with Gasteiger partial charge >= 0.3 is 5.97 Å². The van der Waals surface area contributed by atoms with Crippen LogP contribution in [0.25, 0.3) is 0 Å². The molecule has 196 valence electrons. The van der Waals surface area contributed by atoms with E-state index in [1.54, 1.807) is 24.3 Å². The zero-order valence-electron chi connectivity index (χ0n) is 19.4. The van der Waals surface area contributed by atoms with Crippen molar-refractivity contribution in [1.29, 1.82) is 0 Å². The molecule has 0 aromatic heterocycles. The van der Waals surface area contributed by atoms with Crippen LogP contribution >= 0.6 is 34.8 Å². The zero-order chi connectivity index (χ0) is 26.3. The second kappa shape index (κ2) is 12.8. The average molecular weight is 563 g/mol. The molecule has 2 aromatic carbocycles. The van der Waals surface area contributed by atoms with Crippen LogP contribution in [0.5, 0.6) is 11.5 Å². The first-order chi connectivity index (χ1) is 17.1. The standard InChI is InChI=1S/C24H26Cl3NO8/c1-14(29)34-21-18(13-33-12-15-6-4-3-5-7-15)36-22(35-17-10-8-16(32-2)9-11-17)19(20(21)30)28-23(31)24(25,26)27/h3-11,18-22,30H,12-13H2,1-2H3,(H,28,31)/t18-,19-,20-,21+,22-/m1/s1. The Balaban J connectivity index is 1.83. The fraction of sp³-hybridized carbons (Fsp3) is 0.417. The summed E-state index contributed by atoms with van der Waals surface area (Å²) >= 11 is 17.1. The summed E-state index contributed by atoms with van der Waals surface area (Å²) in [5, 5.41) is 13.6. The number of halogens is 3. The molecule has 1 aliphatic rings. The van der Waals surface area contributed by atoms with Crippen molar-refractivity contribution in [2.24, 2.45) is 0 Å². The highest BCUT2D eigenvalue weighted by Crippen LogP contribution is 2.31. The Kier molecular flexibility index (Phi) is 10.1. The van der Waals surface area contributed by atoms with Crippen molar-refractivity contribution >= 4 is 46.7 Å². The molecule has 0 unspecified atom stereocenters. The van der Waals surface area contributed by atoms with Crippen LogP contribution in [0.1, 0.15) is 12.5 Å². The monoisotopic (exact) mass is 561 g/mol. The highest BCUT2D eigenvalue weighted by Gasteiger charge is 2.50. The number of aliphatic hydroxyl groups is 1. The number of nitrogens with one attached hydrogen (secondary N) is 1. The summed E-state index contributed by atoms with van der Waals surface area (Å²) in [5.41, 5.74) is 0.914. The van der Waals surface area contributed by atoms with Gasteiger partial charge < -0.3 is 34.1 Å². The van der Waals surface area contributed by atoms with Crippen LogP contribution in [0.3, 0.4) is 0 Å². The summed E-state index contributed by atoms with van der Waals surface area (Å²) in [7, 11) is 1.52. The minimum Gasteiger partial charge on any atom is -0.497 e. The molecule has 12 heteroatoms. The van der Waals surface area contributed by atoms with Gasteiger partial charge in [0.15, 0.2) is 6.10 Å². The Morgan fingerprint density at radius 1 is 1.06 bits per heavy atom. The van der Waals surface area contributed by atoms with Crippen LogP contribution in [-0.2, 0) is 30.4 Å². The van der Waals surface area contributed by atoms with Crippen molar-refractivity contribution in [3.63, 3.8) is 0 Å². The highest BCUT2D eigenvalue weighted by atomic mass is 35.6. The smallest absolute Gasteiger partial charge is 0.303 e. The van der Waals surface area contributed by atoms with E-state index < -0.39 is 46.3 Å². The maximum Gasteiger partial charge on any atom is 0.303 e. The van der Waals surface area contributed by atoms with Crippen molar-refractivity contribution in [2.45, 2.75) is 48.0 Å². The molecule has 3 rings (SSSR count). The molecule has 0 aliphatic carbocycles. The van der Waals surface area contributed by atoms with Crippen LogP contribution in [0.2, 0.25) is 0 Å². The predicted molar refractivity (Wildman–Crippen MR) is 132 cm³/mol. The lowest BCUT2D eigenvalue weighted by Crippen LogP contribution is -2.67. The van der Waals surface area contributed by atoms with Crippen LogP contribution in [0.4, 0.5) is 0 Å². The molecule has 0 radical (unpaired) electrons. The van der Waals surface area contributed by atoms with Gasteiger partial charge in [-0.2, -0.15) is 0 Å². The number of benzene rings is 2. The van der Waals surface area contributed by atoms with Gasteiger partial charge in [0.25, 0.3) is 9.70 Å². The minimum atomic E-state index is -2.32. The van der Waals surface area contributed by atoms with Gasteiger partial charge in [-0.3, -0.25) is 9.59 Å². The first-order valence-electron chi connectivity index (χ1n) is 10.9. The topological polar surface area (TPSA) is 113 Å². The summed E-state index contributed by atoms with van der Waals surface area (Å²) < 4.78 is 25.9. The van der Waals surface area contributed by atoms with Crippen molar-refractivity contribution in [2.75, 3.05) is 13.7 Å². The predicted octanol–water partition coefficient (Wildman–Crippen LogP) is 3.16. The quantitative estimate of drug-likeness (QED) is 0.354. The van der Waals surface area contributed by atoms with Crippen molar-refractivity contribution in [3.8, 4) is 11.5 Å². The van der Waals surface area contributed by atoms with Crippen LogP contribution < -0.4 is 14.8 Å². The fourth-order valence-corrected chi connectivity index (χ4v) is 3.70. The molecule has 36 heavy (non-hydrogen) atoms. The molecule has 0 spiro atoms. The van der Waals surface area contributed by atoms with Crippen LogP contribution in [0.15, 0.2) is 54.6 Å². The highest BCUT2D eigenvalue weighted by molar-refractivity contribution is 6.76. The van der Waals surface area contributed by atoms with Gasteiger partial charge in [0.05, 0.1) is 20.3 Å². The Morgan fingerprint density at radius 3 is 2.28 bits per heavy atom. The maximum atomic E-state index is 12.4. The molecule has 2 N–H and O–H groups in total. The molecule has 9 nitrogen and oxygen atoms in total. The molecule has 1 heterocycles. The third-order valence-corrected chi connectivity index (χ3v) is 5.75. The second-order valence-corrected chi connectivity index (χ2v) is 10.2. The van der Waals surface area contributed by atoms with E-state index in [9.17, 15) is 14.7 Å². The first-order valence-corrected chi connectivity index (χ1v) is 12.0. The number of ether oxygens (including phenoxy) is 5. The number of carbonyl (C=O) groups is 2. The molecule has 0 saturated carbocycles. The Labute approximate surface area is 223 Å². The SMILES string of the molecule is COc1ccc(O[C@@H]2O[C@H](COCc3ccccc3)[C@H](OC(C)=O)[C@H](O)[C@H]2NC(=O)C(Cl)(Cl)Cl)cc1. The Morgan fingerprint density at radius 2 is 1.69 bits per heavy atom. The zero-order valence-corrected chi connectivity index (χ0v) is 21.7. The van der Waals surface area contributed by atoms with E-state index in [2.05, 4.69) is 5.32 Å². The molecular formula is C24H26Cl3NO8. The summed E-state index contributed by atoms with van der Waals surface area (Å²) in [6.07, 6.45) is -4.92. The largest absolute Gasteiger partial charge is 0.497 e. The summed E-state index contributed by atoms with van der Waals surface area (Å²) in [6, 6.07) is 14.7. The van der Waals surface area contributed by atoms with Gasteiger partial charge in [-0.25, -0.2) is 0 Å². The molecule has 1 aliphatic heterocycles. The summed E-state index contributed by atoms with van der Waals surface area (Å²) in [6.45, 7) is 1.38. The number of hydrogen-bond donors (Lipinski definition) is 2. The minimum absolute atomic E-state index is 0.0580. The summed E-state index contributed by atoms with van der Waals surface area (Å²) in [4.78, 5) is 24.2. The number of amides is 1. The second-order valence-electron chi connectivity index (χ2n) is 7.90. The lowest BCUT2D eigenvalue weighted by Gasteiger charge is -2.44. The van der Waals surface area contributed by atoms with Gasteiger partial charge in [0.1, 0.15) is 29.7 Å². The van der Waals surface area contributed by atoms with E-state index in [-0.39, 0.29) is 13.2 Å². The van der Waals surface area contributed by atoms with Crippen molar-refractivity contribution < 1.29 is 38.4 Å². The number of carbonyl (C=O) groups excluding carboxylic acids is 2. The normalized spacial score (nSPS) is 24.0. The lowest BCUT2D eigenvalue weighted by atomic mass is 9.96. The third kappa shape index (κ3) is 7.86. The van der Waals surface area contributed by atoms with E-state index in [4.69, 9.17) is 58.5 Å². The number of rotatable bonds is 9. The summed E-state index contributed by atoms with van der Waals surface area (Å²) in [5.74, 6) is -0.758. The third-order valence-electron chi connectivity index (χ3n) is 5.24. The van der Waals surface area contributed by atoms with Gasteiger partial charge in [0, 0.05) is 6.92 Å². The Hall–Kier alpha value is -2.27. The van der Waals surface area contributed by atoms with E-state index in [0.717, 1.165) is 5.56 Å². The van der Waals surface area contributed by atoms with Gasteiger partial charge in [-0.05, 0) is 29.8 Å². The molecular weight excluding hydrogens is 537 g/mol. The average Bonchev–Trinajstić information content (AvgIpc) is 2.84. The maximum absolute atomic E-state index is 12.4. The number of hydrogen-bond acceptors (Lipinski definition) is 8. The van der Waals surface area contributed by atoms with E-state index in [0.29, 0.717) is 11.5 Å². The molecule has 1 fully saturated rings. The molecule has 5 atom stereocenters. The molecule has 1 saturated heterocycles. The van der Waals surface area contributed by atoms with Crippen molar-refractivity contribution in [1.82, 2.24) is 5.32 Å². The Bertz CT molecular complexity index is 1000. The van der Waals surface area contributed by atoms with E-state index in [1.807, 2.05) is 30.3 Å². The van der Waals surface area contributed by atoms with E-state index >= 15 is 0 Å². The van der Waals surface area contributed by atoms with Gasteiger partial charge in [-0.15, -0.1) is 0 Å². The van der Waals surface area contributed by atoms with Crippen LogP contribution in [0, 0.1) is 0 Å². The molecule has 1 amide bonds. The van der Waals surface area contributed by atoms with Crippen LogP contribution in [-0.4, -0.2) is 65.1 Å². The molecule has 2 aromatic rings. The van der Waals surface area contributed by atoms with E-state index in [1.165, 1.54) is 14.0 Å².